The number of unbranched alkanes of at least 4 members (excludes halogenated alkanes) is 1. The van der Waals surface area contributed by atoms with Crippen LogP contribution < -0.4 is 0 Å². The molecule has 1 saturated heterocycles. The average molecular weight is 282 g/mol. The van der Waals surface area contributed by atoms with E-state index in [1.807, 2.05) is 48.5 Å². The molecule has 0 saturated carbocycles. The SMILES string of the molecule is CCCC[C@@]1(c2ccccc2)O[C@H]1[C@@H](O)c1ccccc1. The molecule has 0 spiro atoms. The van der Waals surface area contributed by atoms with Crippen molar-refractivity contribution in [2.24, 2.45) is 0 Å². The van der Waals surface area contributed by atoms with Crippen LogP contribution in [0.15, 0.2) is 60.7 Å². The monoisotopic (exact) mass is 282 g/mol. The first-order valence-electron chi connectivity index (χ1n) is 7.74. The van der Waals surface area contributed by atoms with Gasteiger partial charge in [-0.2, -0.15) is 0 Å². The molecule has 1 N–H and O–H groups in total. The number of aliphatic hydroxyl groups excluding tert-OH is 1. The van der Waals surface area contributed by atoms with Gasteiger partial charge in [0.25, 0.3) is 0 Å². The molecule has 0 amide bonds. The van der Waals surface area contributed by atoms with Crippen molar-refractivity contribution in [3.63, 3.8) is 0 Å². The van der Waals surface area contributed by atoms with E-state index in [9.17, 15) is 5.11 Å². The Morgan fingerprint density at radius 2 is 1.67 bits per heavy atom. The summed E-state index contributed by atoms with van der Waals surface area (Å²) in [6, 6.07) is 20.1. The van der Waals surface area contributed by atoms with Crippen molar-refractivity contribution in [3.05, 3.63) is 71.8 Å². The van der Waals surface area contributed by atoms with Gasteiger partial charge in [-0.1, -0.05) is 80.4 Å². The predicted molar refractivity (Wildman–Crippen MR) is 83.9 cm³/mol. The van der Waals surface area contributed by atoms with Crippen LogP contribution in [0, 0.1) is 0 Å². The van der Waals surface area contributed by atoms with Gasteiger partial charge in [-0.3, -0.25) is 0 Å². The Bertz CT molecular complexity index is 567. The molecule has 1 fully saturated rings. The van der Waals surface area contributed by atoms with Crippen molar-refractivity contribution in [1.82, 2.24) is 0 Å². The number of rotatable bonds is 6. The van der Waals surface area contributed by atoms with Gasteiger partial charge in [-0.15, -0.1) is 0 Å². The van der Waals surface area contributed by atoms with E-state index in [0.29, 0.717) is 0 Å². The Morgan fingerprint density at radius 1 is 1.05 bits per heavy atom. The van der Waals surface area contributed by atoms with E-state index >= 15 is 0 Å². The molecule has 21 heavy (non-hydrogen) atoms. The first-order valence-corrected chi connectivity index (χ1v) is 7.74. The maximum absolute atomic E-state index is 10.6. The number of epoxide rings is 1. The second-order valence-corrected chi connectivity index (χ2v) is 5.75. The third-order valence-electron chi connectivity index (χ3n) is 4.33. The summed E-state index contributed by atoms with van der Waals surface area (Å²) in [5.74, 6) is 0. The Kier molecular flexibility index (Phi) is 4.09. The van der Waals surface area contributed by atoms with Crippen molar-refractivity contribution < 1.29 is 9.84 Å². The smallest absolute Gasteiger partial charge is 0.123 e. The minimum atomic E-state index is -0.566. The quantitative estimate of drug-likeness (QED) is 0.805. The van der Waals surface area contributed by atoms with E-state index in [1.165, 1.54) is 5.56 Å². The lowest BCUT2D eigenvalue weighted by molar-refractivity contribution is 0.136. The topological polar surface area (TPSA) is 32.8 Å². The molecule has 0 aromatic heterocycles. The number of benzene rings is 2. The standard InChI is InChI=1S/C19H22O2/c1-2-3-14-19(16-12-8-5-9-13-16)18(21-19)17(20)15-10-6-4-7-11-15/h4-13,17-18,20H,2-3,14H2,1H3/t17-,18-,19-/m0/s1. The molecule has 0 unspecified atom stereocenters. The van der Waals surface area contributed by atoms with Crippen LogP contribution in [0.3, 0.4) is 0 Å². The van der Waals surface area contributed by atoms with Crippen LogP contribution >= 0.6 is 0 Å². The molecular weight excluding hydrogens is 260 g/mol. The second-order valence-electron chi connectivity index (χ2n) is 5.75. The minimum absolute atomic E-state index is 0.145. The minimum Gasteiger partial charge on any atom is -0.386 e. The van der Waals surface area contributed by atoms with Crippen LogP contribution in [0.2, 0.25) is 0 Å². The predicted octanol–water partition coefficient (Wildman–Crippen LogP) is 4.20. The summed E-state index contributed by atoms with van der Waals surface area (Å²) >= 11 is 0. The molecule has 0 aliphatic carbocycles. The fourth-order valence-electron chi connectivity index (χ4n) is 3.07. The van der Waals surface area contributed by atoms with Crippen LogP contribution in [0.25, 0.3) is 0 Å². The Hall–Kier alpha value is -1.64. The highest BCUT2D eigenvalue weighted by Gasteiger charge is 2.60. The summed E-state index contributed by atoms with van der Waals surface area (Å²) in [6.07, 6.45) is 2.48. The summed E-state index contributed by atoms with van der Waals surface area (Å²) in [6.45, 7) is 2.18. The van der Waals surface area contributed by atoms with E-state index < -0.39 is 6.10 Å². The summed E-state index contributed by atoms with van der Waals surface area (Å²) in [5, 5.41) is 10.6. The molecule has 2 heteroatoms. The lowest BCUT2D eigenvalue weighted by Crippen LogP contribution is -2.18. The van der Waals surface area contributed by atoms with Gasteiger partial charge in [0.1, 0.15) is 17.8 Å². The molecule has 0 bridgehead atoms. The van der Waals surface area contributed by atoms with Crippen molar-refractivity contribution in [2.45, 2.75) is 44.0 Å². The zero-order valence-electron chi connectivity index (χ0n) is 12.4. The highest BCUT2D eigenvalue weighted by molar-refractivity contribution is 5.32. The first-order chi connectivity index (χ1) is 10.3. The second kappa shape index (κ2) is 6.00. The van der Waals surface area contributed by atoms with E-state index in [-0.39, 0.29) is 11.7 Å². The lowest BCUT2D eigenvalue weighted by atomic mass is 9.86. The van der Waals surface area contributed by atoms with Crippen molar-refractivity contribution in [3.8, 4) is 0 Å². The van der Waals surface area contributed by atoms with E-state index in [4.69, 9.17) is 4.74 Å². The number of hydrogen-bond donors (Lipinski definition) is 1. The molecule has 3 rings (SSSR count). The fourth-order valence-corrected chi connectivity index (χ4v) is 3.07. The maximum Gasteiger partial charge on any atom is 0.123 e. The van der Waals surface area contributed by atoms with Gasteiger partial charge < -0.3 is 9.84 Å². The van der Waals surface area contributed by atoms with Crippen LogP contribution in [0.4, 0.5) is 0 Å². The zero-order valence-corrected chi connectivity index (χ0v) is 12.4. The number of hydrogen-bond acceptors (Lipinski definition) is 2. The molecular formula is C19H22O2. The van der Waals surface area contributed by atoms with E-state index in [0.717, 1.165) is 24.8 Å². The van der Waals surface area contributed by atoms with Gasteiger partial charge in [0, 0.05) is 0 Å². The first kappa shape index (κ1) is 14.3. The molecule has 3 atom stereocenters. The van der Waals surface area contributed by atoms with E-state index in [1.54, 1.807) is 0 Å². The molecule has 0 radical (unpaired) electrons. The molecule has 1 aliphatic heterocycles. The molecule has 1 heterocycles. The lowest BCUT2D eigenvalue weighted by Gasteiger charge is -2.16. The Labute approximate surface area is 126 Å². The molecule has 2 nitrogen and oxygen atoms in total. The van der Waals surface area contributed by atoms with E-state index in [2.05, 4.69) is 19.1 Å². The summed E-state index contributed by atoms with van der Waals surface area (Å²) in [7, 11) is 0. The highest BCUT2D eigenvalue weighted by atomic mass is 16.6. The third-order valence-corrected chi connectivity index (χ3v) is 4.33. The normalized spacial score (nSPS) is 25.5. The molecule has 1 aliphatic rings. The Balaban J connectivity index is 1.84. The van der Waals surface area contributed by atoms with Gasteiger partial charge in [0.2, 0.25) is 0 Å². The fraction of sp³-hybridized carbons (Fsp3) is 0.368. The summed E-state index contributed by atoms with van der Waals surface area (Å²) < 4.78 is 6.06. The zero-order chi connectivity index (χ0) is 14.7. The molecule has 2 aromatic rings. The van der Waals surface area contributed by atoms with Crippen molar-refractivity contribution >= 4 is 0 Å². The average Bonchev–Trinajstić information content (AvgIpc) is 3.30. The third kappa shape index (κ3) is 2.74. The van der Waals surface area contributed by atoms with Gasteiger partial charge >= 0.3 is 0 Å². The summed E-state index contributed by atoms with van der Waals surface area (Å²) in [5.41, 5.74) is 1.79. The van der Waals surface area contributed by atoms with Gasteiger partial charge in [0.05, 0.1) is 0 Å². The number of ether oxygens (including phenoxy) is 1. The number of aliphatic hydroxyl groups is 1. The largest absolute Gasteiger partial charge is 0.386 e. The van der Waals surface area contributed by atoms with Crippen LogP contribution in [0.5, 0.6) is 0 Å². The van der Waals surface area contributed by atoms with Crippen molar-refractivity contribution in [1.29, 1.82) is 0 Å². The van der Waals surface area contributed by atoms with Crippen molar-refractivity contribution in [2.75, 3.05) is 0 Å². The van der Waals surface area contributed by atoms with Gasteiger partial charge in [-0.25, -0.2) is 0 Å². The van der Waals surface area contributed by atoms with Gasteiger partial charge in [-0.05, 0) is 17.5 Å². The Morgan fingerprint density at radius 3 is 2.29 bits per heavy atom. The molecule has 110 valence electrons. The summed E-state index contributed by atoms with van der Waals surface area (Å²) in [4.78, 5) is 0. The van der Waals surface area contributed by atoms with Crippen LogP contribution in [-0.4, -0.2) is 11.2 Å². The molecule has 2 aromatic carbocycles. The maximum atomic E-state index is 10.6. The van der Waals surface area contributed by atoms with Crippen LogP contribution in [-0.2, 0) is 10.3 Å². The highest BCUT2D eigenvalue weighted by Crippen LogP contribution is 2.54. The van der Waals surface area contributed by atoms with Gasteiger partial charge in [0.15, 0.2) is 0 Å². The van der Waals surface area contributed by atoms with Crippen LogP contribution in [0.1, 0.15) is 43.4 Å².